The molecule has 0 aliphatic heterocycles. The molecule has 4 saturated carbocycles. The lowest BCUT2D eigenvalue weighted by molar-refractivity contribution is -0.112. The number of aromatic amines is 1. The van der Waals surface area contributed by atoms with E-state index >= 15 is 0 Å². The van der Waals surface area contributed by atoms with Crippen LogP contribution in [0.3, 0.4) is 0 Å². The van der Waals surface area contributed by atoms with E-state index in [0.717, 1.165) is 11.7 Å². The standard InChI is InChI=1S/C16H22N2O2/c1-14-3-10-4-15(2,7-14)9-16(5-10,8-14)13-17-6-11(18-13)12(19)20/h6,10H,3-5,7-9H2,1-2H3,(H,17,18)(H,19,20). The fourth-order valence-electron chi connectivity index (χ4n) is 6.41. The Hall–Kier alpha value is -1.32. The molecule has 5 rings (SSSR count). The molecule has 4 heteroatoms. The summed E-state index contributed by atoms with van der Waals surface area (Å²) in [6.07, 6.45) is 9.02. The Labute approximate surface area is 119 Å². The number of nitrogens with one attached hydrogen (secondary N) is 1. The fraction of sp³-hybridized carbons (Fsp3) is 0.750. The Bertz CT molecular complexity index is 573. The summed E-state index contributed by atoms with van der Waals surface area (Å²) in [5.41, 5.74) is 1.16. The molecule has 2 unspecified atom stereocenters. The van der Waals surface area contributed by atoms with Crippen LogP contribution < -0.4 is 0 Å². The first-order valence-electron chi connectivity index (χ1n) is 7.60. The molecule has 1 heterocycles. The highest BCUT2D eigenvalue weighted by Gasteiger charge is 2.61. The lowest BCUT2D eigenvalue weighted by atomic mass is 9.40. The zero-order valence-corrected chi connectivity index (χ0v) is 12.2. The maximum Gasteiger partial charge on any atom is 0.353 e. The molecule has 20 heavy (non-hydrogen) atoms. The van der Waals surface area contributed by atoms with Crippen LogP contribution in [-0.4, -0.2) is 21.0 Å². The molecule has 2 atom stereocenters. The smallest absolute Gasteiger partial charge is 0.353 e. The van der Waals surface area contributed by atoms with Crippen LogP contribution >= 0.6 is 0 Å². The normalized spacial score (nSPS) is 45.8. The number of aromatic nitrogens is 2. The highest BCUT2D eigenvalue weighted by molar-refractivity contribution is 5.85. The minimum absolute atomic E-state index is 0.0939. The molecule has 0 aromatic carbocycles. The quantitative estimate of drug-likeness (QED) is 0.869. The third kappa shape index (κ3) is 1.60. The van der Waals surface area contributed by atoms with Gasteiger partial charge >= 0.3 is 5.97 Å². The van der Waals surface area contributed by atoms with Gasteiger partial charge in [-0.2, -0.15) is 0 Å². The number of hydrogen-bond donors (Lipinski definition) is 2. The molecule has 4 nitrogen and oxygen atoms in total. The minimum atomic E-state index is -0.911. The highest BCUT2D eigenvalue weighted by atomic mass is 16.4. The van der Waals surface area contributed by atoms with Crippen molar-refractivity contribution in [2.75, 3.05) is 0 Å². The zero-order chi connectivity index (χ0) is 14.2. The number of rotatable bonds is 2. The summed E-state index contributed by atoms with van der Waals surface area (Å²) in [4.78, 5) is 18.6. The molecule has 4 aliphatic carbocycles. The van der Waals surface area contributed by atoms with Crippen molar-refractivity contribution in [1.29, 1.82) is 0 Å². The first kappa shape index (κ1) is 12.4. The molecule has 108 valence electrons. The van der Waals surface area contributed by atoms with Crippen LogP contribution in [0.2, 0.25) is 0 Å². The zero-order valence-electron chi connectivity index (χ0n) is 12.2. The predicted molar refractivity (Wildman–Crippen MR) is 74.6 cm³/mol. The van der Waals surface area contributed by atoms with Crippen molar-refractivity contribution >= 4 is 5.97 Å². The number of carbonyl (C=O) groups is 1. The van der Waals surface area contributed by atoms with E-state index in [2.05, 4.69) is 23.8 Å². The average molecular weight is 274 g/mol. The van der Waals surface area contributed by atoms with E-state index in [1.807, 2.05) is 0 Å². The van der Waals surface area contributed by atoms with Gasteiger partial charge in [0, 0.05) is 5.41 Å². The second kappa shape index (κ2) is 3.46. The predicted octanol–water partition coefficient (Wildman–Crippen LogP) is 3.36. The van der Waals surface area contributed by atoms with Crippen LogP contribution in [-0.2, 0) is 5.41 Å². The van der Waals surface area contributed by atoms with Gasteiger partial charge in [0.25, 0.3) is 0 Å². The largest absolute Gasteiger partial charge is 0.477 e. The number of imidazole rings is 1. The lowest BCUT2D eigenvalue weighted by Gasteiger charge is -2.64. The van der Waals surface area contributed by atoms with Crippen LogP contribution in [0.4, 0.5) is 0 Å². The van der Waals surface area contributed by atoms with Crippen molar-refractivity contribution in [1.82, 2.24) is 9.97 Å². The van der Waals surface area contributed by atoms with E-state index in [-0.39, 0.29) is 11.1 Å². The molecular weight excluding hydrogens is 252 g/mol. The molecule has 4 aliphatic rings. The van der Waals surface area contributed by atoms with Crippen molar-refractivity contribution in [2.45, 2.75) is 57.8 Å². The highest BCUT2D eigenvalue weighted by Crippen LogP contribution is 2.69. The topological polar surface area (TPSA) is 66.0 Å². The van der Waals surface area contributed by atoms with E-state index < -0.39 is 5.97 Å². The molecule has 4 bridgehead atoms. The summed E-state index contributed by atoms with van der Waals surface area (Å²) in [5.74, 6) is 0.807. The van der Waals surface area contributed by atoms with Gasteiger partial charge in [-0.1, -0.05) is 13.8 Å². The van der Waals surface area contributed by atoms with E-state index in [0.29, 0.717) is 10.8 Å². The van der Waals surface area contributed by atoms with Gasteiger partial charge in [-0.3, -0.25) is 0 Å². The van der Waals surface area contributed by atoms with Crippen LogP contribution in [0.25, 0.3) is 0 Å². The van der Waals surface area contributed by atoms with Gasteiger partial charge in [0.2, 0.25) is 0 Å². The maximum absolute atomic E-state index is 11.1. The van der Waals surface area contributed by atoms with Crippen molar-refractivity contribution < 1.29 is 9.90 Å². The monoisotopic (exact) mass is 274 g/mol. The summed E-state index contributed by atoms with van der Waals surface area (Å²) >= 11 is 0. The Kier molecular flexibility index (Phi) is 2.15. The van der Waals surface area contributed by atoms with Gasteiger partial charge in [-0.05, 0) is 55.3 Å². The van der Waals surface area contributed by atoms with E-state index in [1.54, 1.807) is 0 Å². The molecular formula is C16H22N2O2. The molecule has 0 radical (unpaired) electrons. The van der Waals surface area contributed by atoms with E-state index in [1.165, 1.54) is 44.7 Å². The van der Waals surface area contributed by atoms with Crippen LogP contribution in [0, 0.1) is 16.7 Å². The van der Waals surface area contributed by atoms with E-state index in [4.69, 9.17) is 5.11 Å². The number of carboxylic acid groups (broad SMARTS) is 1. The Morgan fingerprint density at radius 3 is 2.40 bits per heavy atom. The molecule has 2 N–H and O–H groups in total. The summed E-state index contributed by atoms with van der Waals surface area (Å²) in [5, 5.41) is 9.11. The van der Waals surface area contributed by atoms with Gasteiger partial charge in [-0.15, -0.1) is 0 Å². The molecule has 1 aromatic rings. The Morgan fingerprint density at radius 2 is 1.90 bits per heavy atom. The number of aromatic carboxylic acids is 1. The van der Waals surface area contributed by atoms with Crippen molar-refractivity contribution in [3.8, 4) is 0 Å². The van der Waals surface area contributed by atoms with Gasteiger partial charge in [0.15, 0.2) is 0 Å². The van der Waals surface area contributed by atoms with Gasteiger partial charge in [0.05, 0.1) is 6.20 Å². The first-order chi connectivity index (χ1) is 9.32. The minimum Gasteiger partial charge on any atom is -0.477 e. The lowest BCUT2D eigenvalue weighted by Crippen LogP contribution is -2.57. The third-order valence-electron chi connectivity index (χ3n) is 5.93. The summed E-state index contributed by atoms with van der Waals surface area (Å²) < 4.78 is 0. The summed E-state index contributed by atoms with van der Waals surface area (Å²) in [7, 11) is 0. The SMILES string of the molecule is CC12CC3CC(C)(C1)CC(c1ncc(C(=O)O)[nH]1)(C3)C2. The molecule has 0 spiro atoms. The second-order valence-electron chi connectivity index (χ2n) is 8.36. The maximum atomic E-state index is 11.1. The van der Waals surface area contributed by atoms with Gasteiger partial charge in [0.1, 0.15) is 11.5 Å². The summed E-state index contributed by atoms with van der Waals surface area (Å²) in [6, 6.07) is 0. The van der Waals surface area contributed by atoms with Crippen LogP contribution in [0.15, 0.2) is 6.20 Å². The third-order valence-corrected chi connectivity index (χ3v) is 5.93. The number of H-pyrrole nitrogens is 1. The fourth-order valence-corrected chi connectivity index (χ4v) is 6.41. The summed E-state index contributed by atoms with van der Waals surface area (Å²) in [6.45, 7) is 4.84. The van der Waals surface area contributed by atoms with E-state index in [9.17, 15) is 4.79 Å². The Balaban J connectivity index is 1.78. The Morgan fingerprint density at radius 1 is 1.25 bits per heavy atom. The van der Waals surface area contributed by atoms with Crippen molar-refractivity contribution in [2.24, 2.45) is 16.7 Å². The number of hydrogen-bond acceptors (Lipinski definition) is 2. The molecule has 0 amide bonds. The van der Waals surface area contributed by atoms with Crippen LogP contribution in [0.5, 0.6) is 0 Å². The van der Waals surface area contributed by atoms with Crippen LogP contribution in [0.1, 0.15) is 68.7 Å². The number of nitrogens with zero attached hydrogens (tertiary/aromatic N) is 1. The molecule has 4 fully saturated rings. The van der Waals surface area contributed by atoms with Gasteiger partial charge in [-0.25, -0.2) is 9.78 Å². The van der Waals surface area contributed by atoms with Gasteiger partial charge < -0.3 is 10.1 Å². The average Bonchev–Trinajstić information content (AvgIpc) is 2.72. The molecule has 0 saturated heterocycles. The van der Waals surface area contributed by atoms with Crippen molar-refractivity contribution in [3.05, 3.63) is 17.7 Å². The first-order valence-corrected chi connectivity index (χ1v) is 7.60. The number of carboxylic acids is 1. The molecule has 1 aromatic heterocycles. The second-order valence-corrected chi connectivity index (χ2v) is 8.36. The van der Waals surface area contributed by atoms with Crippen molar-refractivity contribution in [3.63, 3.8) is 0 Å².